The molecular weight excluding hydrogens is 489 g/mol. The summed E-state index contributed by atoms with van der Waals surface area (Å²) in [5.41, 5.74) is 5.44. The van der Waals surface area contributed by atoms with Gasteiger partial charge in [0.2, 0.25) is 0 Å². The molecule has 0 bridgehead atoms. The van der Waals surface area contributed by atoms with E-state index >= 15 is 0 Å². The van der Waals surface area contributed by atoms with Gasteiger partial charge in [0.25, 0.3) is 5.91 Å². The number of allylic oxidation sites excluding steroid dienone is 4. The second-order valence-corrected chi connectivity index (χ2v) is 10.8. The third-order valence-corrected chi connectivity index (χ3v) is 7.65. The summed E-state index contributed by atoms with van der Waals surface area (Å²) >= 11 is 4.98. The number of aliphatic imine (C=N–C) groups is 1. The molecule has 0 radical (unpaired) electrons. The number of aryl methyl sites for hydroxylation is 1. The van der Waals surface area contributed by atoms with Crippen LogP contribution in [0, 0.1) is 12.8 Å². The number of halogens is 2. The van der Waals surface area contributed by atoms with Gasteiger partial charge in [-0.1, -0.05) is 24.3 Å². The molecule has 0 spiro atoms. The SMILES string of the molecule is Cc1ccccc1-c1sc(Br)nc1C(=O)N(CCC1=CN=C2CC=C(F)C=C12)CC1CC1. The van der Waals surface area contributed by atoms with Crippen LogP contribution in [0.5, 0.6) is 0 Å². The molecule has 1 amide bonds. The van der Waals surface area contributed by atoms with Gasteiger partial charge in [-0.2, -0.15) is 0 Å². The van der Waals surface area contributed by atoms with Crippen molar-refractivity contribution in [3.05, 3.63) is 74.8 Å². The van der Waals surface area contributed by atoms with Crippen molar-refractivity contribution in [1.82, 2.24) is 9.88 Å². The highest BCUT2D eigenvalue weighted by atomic mass is 79.9. The lowest BCUT2D eigenvalue weighted by Crippen LogP contribution is -2.34. The zero-order valence-corrected chi connectivity index (χ0v) is 20.2. The van der Waals surface area contributed by atoms with Gasteiger partial charge in [-0.15, -0.1) is 11.3 Å². The van der Waals surface area contributed by atoms with Gasteiger partial charge in [0.05, 0.1) is 10.6 Å². The predicted molar refractivity (Wildman–Crippen MR) is 131 cm³/mol. The van der Waals surface area contributed by atoms with Crippen LogP contribution in [-0.4, -0.2) is 34.6 Å². The molecule has 1 aromatic heterocycles. The van der Waals surface area contributed by atoms with Gasteiger partial charge in [-0.25, -0.2) is 9.37 Å². The molecule has 1 fully saturated rings. The first-order valence-corrected chi connectivity index (χ1v) is 12.5. The number of nitrogens with zero attached hydrogens (tertiary/aromatic N) is 3. The topological polar surface area (TPSA) is 45.6 Å². The Morgan fingerprint density at radius 1 is 1.31 bits per heavy atom. The molecule has 5 rings (SSSR count). The van der Waals surface area contributed by atoms with Crippen LogP contribution in [0.1, 0.15) is 41.7 Å². The molecule has 1 aliphatic heterocycles. The molecule has 0 unspecified atom stereocenters. The van der Waals surface area contributed by atoms with Crippen molar-refractivity contribution in [3.63, 3.8) is 0 Å². The molecule has 0 N–H and O–H groups in total. The van der Waals surface area contributed by atoms with Crippen molar-refractivity contribution < 1.29 is 9.18 Å². The molecule has 4 nitrogen and oxygen atoms in total. The van der Waals surface area contributed by atoms with E-state index in [1.807, 2.05) is 29.3 Å². The van der Waals surface area contributed by atoms with Crippen molar-refractivity contribution in [2.45, 2.75) is 32.6 Å². The van der Waals surface area contributed by atoms with Crippen molar-refractivity contribution in [3.8, 4) is 10.4 Å². The average molecular weight is 512 g/mol. The summed E-state index contributed by atoms with van der Waals surface area (Å²) in [5.74, 6) is 0.301. The minimum atomic E-state index is -0.215. The number of aromatic nitrogens is 1. The maximum atomic E-state index is 13.8. The summed E-state index contributed by atoms with van der Waals surface area (Å²) < 4.78 is 14.5. The highest BCUT2D eigenvalue weighted by Crippen LogP contribution is 2.37. The van der Waals surface area contributed by atoms with Gasteiger partial charge in [0, 0.05) is 31.3 Å². The Morgan fingerprint density at radius 2 is 2.12 bits per heavy atom. The number of carbonyl (C=O) groups excluding carboxylic acids is 1. The summed E-state index contributed by atoms with van der Waals surface area (Å²) in [5, 5.41) is 0. The molecule has 2 aromatic rings. The zero-order chi connectivity index (χ0) is 22.2. The van der Waals surface area contributed by atoms with E-state index in [1.54, 1.807) is 12.2 Å². The molecule has 1 saturated carbocycles. The number of hydrogen-bond donors (Lipinski definition) is 0. The number of fused-ring (bicyclic) bond motifs is 1. The van der Waals surface area contributed by atoms with Crippen LogP contribution in [0.15, 0.2) is 68.5 Å². The number of hydrogen-bond acceptors (Lipinski definition) is 4. The van der Waals surface area contributed by atoms with Crippen LogP contribution in [0.2, 0.25) is 0 Å². The molecule has 2 aliphatic carbocycles. The lowest BCUT2D eigenvalue weighted by atomic mass is 9.95. The van der Waals surface area contributed by atoms with Crippen LogP contribution < -0.4 is 0 Å². The number of rotatable bonds is 7. The first-order valence-electron chi connectivity index (χ1n) is 10.8. The minimum absolute atomic E-state index is 0.0412. The maximum Gasteiger partial charge on any atom is 0.274 e. The Kier molecular flexibility index (Phi) is 5.95. The Balaban J connectivity index is 1.38. The van der Waals surface area contributed by atoms with Gasteiger partial charge < -0.3 is 4.90 Å². The maximum absolute atomic E-state index is 13.8. The Morgan fingerprint density at radius 3 is 2.91 bits per heavy atom. The van der Waals surface area contributed by atoms with Gasteiger partial charge in [-0.3, -0.25) is 9.79 Å². The molecule has 0 atom stereocenters. The second-order valence-electron chi connectivity index (χ2n) is 8.49. The molecule has 2 heterocycles. The van der Waals surface area contributed by atoms with Crippen LogP contribution >= 0.6 is 27.3 Å². The van der Waals surface area contributed by atoms with Crippen LogP contribution in [0.25, 0.3) is 10.4 Å². The van der Waals surface area contributed by atoms with Crippen LogP contribution in [0.3, 0.4) is 0 Å². The van der Waals surface area contributed by atoms with E-state index in [2.05, 4.69) is 38.9 Å². The normalized spacial score (nSPS) is 17.3. The van der Waals surface area contributed by atoms with Crippen molar-refractivity contribution in [2.75, 3.05) is 13.1 Å². The van der Waals surface area contributed by atoms with E-state index in [0.29, 0.717) is 34.9 Å². The molecule has 7 heteroatoms. The van der Waals surface area contributed by atoms with Gasteiger partial charge in [0.15, 0.2) is 3.92 Å². The molecular formula is C25H23BrFN3OS. The van der Waals surface area contributed by atoms with Gasteiger partial charge in [0.1, 0.15) is 11.5 Å². The first kappa shape index (κ1) is 21.5. The fourth-order valence-electron chi connectivity index (χ4n) is 4.15. The number of amides is 1. The van der Waals surface area contributed by atoms with Gasteiger partial charge >= 0.3 is 0 Å². The summed E-state index contributed by atoms with van der Waals surface area (Å²) in [7, 11) is 0. The minimum Gasteiger partial charge on any atom is -0.337 e. The molecule has 164 valence electrons. The lowest BCUT2D eigenvalue weighted by Gasteiger charge is -2.23. The smallest absolute Gasteiger partial charge is 0.274 e. The average Bonchev–Trinajstić information content (AvgIpc) is 3.39. The lowest BCUT2D eigenvalue weighted by molar-refractivity contribution is 0.0745. The highest BCUT2D eigenvalue weighted by molar-refractivity contribution is 9.11. The molecule has 3 aliphatic rings. The van der Waals surface area contributed by atoms with E-state index in [-0.39, 0.29) is 11.7 Å². The predicted octanol–water partition coefficient (Wildman–Crippen LogP) is 6.65. The quantitative estimate of drug-likeness (QED) is 0.417. The van der Waals surface area contributed by atoms with E-state index < -0.39 is 0 Å². The zero-order valence-electron chi connectivity index (χ0n) is 17.8. The largest absolute Gasteiger partial charge is 0.337 e. The van der Waals surface area contributed by atoms with Crippen molar-refractivity contribution in [1.29, 1.82) is 0 Å². The highest BCUT2D eigenvalue weighted by Gasteiger charge is 2.31. The third kappa shape index (κ3) is 4.41. The van der Waals surface area contributed by atoms with Crippen LogP contribution in [-0.2, 0) is 0 Å². The molecule has 0 saturated heterocycles. The molecule has 1 aromatic carbocycles. The fraction of sp³-hybridized carbons (Fsp3) is 0.320. The van der Waals surface area contributed by atoms with Crippen LogP contribution in [0.4, 0.5) is 4.39 Å². The van der Waals surface area contributed by atoms with E-state index in [4.69, 9.17) is 0 Å². The van der Waals surface area contributed by atoms with Crippen molar-refractivity contribution >= 4 is 38.9 Å². The van der Waals surface area contributed by atoms with E-state index in [9.17, 15) is 9.18 Å². The number of thiazole rings is 1. The Labute approximate surface area is 199 Å². The van der Waals surface area contributed by atoms with E-state index in [1.165, 1.54) is 11.3 Å². The standard InChI is InChI=1S/C25H23BrFN3OS/c1-15-4-2-3-5-19(15)23-22(29-25(26)32-23)24(31)30(14-16-6-7-16)11-10-17-13-28-21-9-8-18(27)12-20(17)21/h2-5,8,12-13,16H,6-7,9-11,14H2,1H3. The van der Waals surface area contributed by atoms with Gasteiger partial charge in [-0.05, 0) is 76.9 Å². The summed E-state index contributed by atoms with van der Waals surface area (Å²) in [6.07, 6.45) is 8.42. The first-order chi connectivity index (χ1) is 15.5. The summed E-state index contributed by atoms with van der Waals surface area (Å²) in [6, 6.07) is 8.08. The Hall–Kier alpha value is -2.38. The summed E-state index contributed by atoms with van der Waals surface area (Å²) in [6.45, 7) is 3.35. The molecule has 32 heavy (non-hydrogen) atoms. The second kappa shape index (κ2) is 8.87. The summed E-state index contributed by atoms with van der Waals surface area (Å²) in [4.78, 5) is 25.5. The monoisotopic (exact) mass is 511 g/mol. The number of carbonyl (C=O) groups is 1. The van der Waals surface area contributed by atoms with Crippen molar-refractivity contribution in [2.24, 2.45) is 10.9 Å². The third-order valence-electron chi connectivity index (χ3n) is 6.11. The number of benzene rings is 1. The van der Waals surface area contributed by atoms with E-state index in [0.717, 1.165) is 52.2 Å². The fourth-order valence-corrected chi connectivity index (χ4v) is 5.69. The Bertz CT molecular complexity index is 1210.